The van der Waals surface area contributed by atoms with Gasteiger partial charge in [-0.1, -0.05) is 24.2 Å². The Labute approximate surface area is 104 Å². The Kier molecular flexibility index (Phi) is 8.75. The Balaban J connectivity index is 3.66. The topological polar surface area (TPSA) is 124 Å². The van der Waals surface area contributed by atoms with Gasteiger partial charge in [-0.2, -0.15) is 0 Å². The zero-order chi connectivity index (χ0) is 13.8. The van der Waals surface area contributed by atoms with E-state index in [9.17, 15) is 9.59 Å². The number of rotatable bonds is 9. The van der Waals surface area contributed by atoms with Crippen LogP contribution in [-0.2, 0) is 9.53 Å². The average Bonchev–Trinajstić information content (AvgIpc) is 2.34. The molecule has 0 aromatic carbocycles. The molecule has 8 nitrogen and oxygen atoms in total. The van der Waals surface area contributed by atoms with E-state index in [1.807, 2.05) is 0 Å². The van der Waals surface area contributed by atoms with E-state index in [0.717, 1.165) is 0 Å². The average molecular weight is 256 g/mol. The molecule has 0 aliphatic rings. The van der Waals surface area contributed by atoms with E-state index in [2.05, 4.69) is 26.7 Å². The van der Waals surface area contributed by atoms with Crippen LogP contribution in [0.25, 0.3) is 10.4 Å². The maximum Gasteiger partial charge on any atom is 0.407 e. The number of nitrogens with zero attached hydrogens (tertiary/aromatic N) is 3. The number of alkyl carbamates (subject to hydrolysis) is 1. The van der Waals surface area contributed by atoms with Gasteiger partial charge >= 0.3 is 12.1 Å². The highest BCUT2D eigenvalue weighted by atomic mass is 16.5. The molecule has 0 saturated carbocycles. The van der Waals surface area contributed by atoms with Crippen LogP contribution in [0.15, 0.2) is 17.8 Å². The van der Waals surface area contributed by atoms with Gasteiger partial charge in [-0.15, -0.1) is 0 Å². The van der Waals surface area contributed by atoms with Crippen molar-refractivity contribution < 1.29 is 19.4 Å². The molecule has 18 heavy (non-hydrogen) atoms. The number of azide groups is 1. The second kappa shape index (κ2) is 9.98. The lowest BCUT2D eigenvalue weighted by atomic mass is 10.1. The lowest BCUT2D eigenvalue weighted by molar-refractivity contribution is -0.138. The molecule has 8 heteroatoms. The summed E-state index contributed by atoms with van der Waals surface area (Å²) in [5.41, 5.74) is 8.16. The highest BCUT2D eigenvalue weighted by Crippen LogP contribution is 2.05. The van der Waals surface area contributed by atoms with Crippen molar-refractivity contribution in [3.8, 4) is 0 Å². The molecule has 0 bridgehead atoms. The molecule has 0 unspecified atom stereocenters. The maximum atomic E-state index is 11.0. The molecule has 0 aliphatic heterocycles. The second-order valence-corrected chi connectivity index (χ2v) is 3.37. The van der Waals surface area contributed by atoms with Crippen LogP contribution in [0.3, 0.4) is 0 Å². The summed E-state index contributed by atoms with van der Waals surface area (Å²) in [7, 11) is 0. The van der Waals surface area contributed by atoms with E-state index in [1.165, 1.54) is 6.08 Å². The van der Waals surface area contributed by atoms with Gasteiger partial charge in [0.05, 0.1) is 0 Å². The molecule has 1 amide bonds. The summed E-state index contributed by atoms with van der Waals surface area (Å²) in [6.07, 6.45) is 2.26. The number of carboxylic acid groups (broad SMARTS) is 1. The normalized spacial score (nSPS) is 10.9. The van der Waals surface area contributed by atoms with Crippen molar-refractivity contribution in [1.82, 2.24) is 5.32 Å². The molecule has 2 N–H and O–H groups in total. The minimum absolute atomic E-state index is 0.143. The van der Waals surface area contributed by atoms with Crippen molar-refractivity contribution in [1.29, 1.82) is 0 Å². The third-order valence-electron chi connectivity index (χ3n) is 1.98. The number of hydrogen-bond donors (Lipinski definition) is 2. The third-order valence-corrected chi connectivity index (χ3v) is 1.98. The number of unbranched alkanes of at least 4 members (excludes halogenated alkanes) is 1. The first kappa shape index (κ1) is 15.8. The van der Waals surface area contributed by atoms with Crippen LogP contribution in [0.4, 0.5) is 4.79 Å². The van der Waals surface area contributed by atoms with Crippen LogP contribution in [0.1, 0.15) is 19.3 Å². The van der Waals surface area contributed by atoms with Crippen molar-refractivity contribution in [2.45, 2.75) is 25.3 Å². The number of ether oxygens (including phenoxy) is 1. The highest BCUT2D eigenvalue weighted by molar-refractivity contribution is 5.73. The van der Waals surface area contributed by atoms with E-state index in [1.54, 1.807) is 0 Å². The van der Waals surface area contributed by atoms with E-state index in [4.69, 9.17) is 10.6 Å². The predicted octanol–water partition coefficient (Wildman–Crippen LogP) is 1.83. The number of amides is 1. The first-order valence-electron chi connectivity index (χ1n) is 5.40. The van der Waals surface area contributed by atoms with Crippen molar-refractivity contribution in [2.75, 3.05) is 13.2 Å². The SMILES string of the molecule is C=CCOC(=O)NCCCC[C@H](N=[N+]=[N-])C(=O)O. The predicted molar refractivity (Wildman–Crippen MR) is 64.0 cm³/mol. The van der Waals surface area contributed by atoms with E-state index < -0.39 is 18.1 Å². The molecule has 100 valence electrons. The van der Waals surface area contributed by atoms with Crippen molar-refractivity contribution in [3.05, 3.63) is 23.1 Å². The molecule has 0 saturated heterocycles. The fraction of sp³-hybridized carbons (Fsp3) is 0.600. The van der Waals surface area contributed by atoms with Gasteiger partial charge in [-0.05, 0) is 18.4 Å². The van der Waals surface area contributed by atoms with Crippen LogP contribution in [0.5, 0.6) is 0 Å². The molecule has 0 rings (SSSR count). The summed E-state index contributed by atoms with van der Waals surface area (Å²) in [5, 5.41) is 14.3. The van der Waals surface area contributed by atoms with Gasteiger partial charge in [-0.25, -0.2) is 4.79 Å². The summed E-state index contributed by atoms with van der Waals surface area (Å²) >= 11 is 0. The number of carbonyl (C=O) groups is 2. The first-order chi connectivity index (χ1) is 8.61. The zero-order valence-corrected chi connectivity index (χ0v) is 9.91. The lowest BCUT2D eigenvalue weighted by Gasteiger charge is -2.07. The number of carbonyl (C=O) groups excluding carboxylic acids is 1. The Morgan fingerprint density at radius 1 is 1.56 bits per heavy atom. The minimum Gasteiger partial charge on any atom is -0.481 e. The summed E-state index contributed by atoms with van der Waals surface area (Å²) in [6, 6.07) is -1.05. The third kappa shape index (κ3) is 8.00. The standard InChI is InChI=1S/C10H16N4O4/c1-2-7-18-10(17)12-6-4-3-5-8(9(15)16)13-14-11/h2,8H,1,3-7H2,(H,12,17)(H,15,16)/t8-/m0/s1. The largest absolute Gasteiger partial charge is 0.481 e. The van der Waals surface area contributed by atoms with Crippen molar-refractivity contribution in [3.63, 3.8) is 0 Å². The molecular weight excluding hydrogens is 240 g/mol. The molecule has 0 radical (unpaired) electrons. The van der Waals surface area contributed by atoms with Crippen molar-refractivity contribution in [2.24, 2.45) is 5.11 Å². The summed E-state index contributed by atoms with van der Waals surface area (Å²) in [5.74, 6) is -1.15. The van der Waals surface area contributed by atoms with Gasteiger partial charge < -0.3 is 15.2 Å². The van der Waals surface area contributed by atoms with Gasteiger partial charge in [0.15, 0.2) is 0 Å². The molecule has 0 aromatic rings. The Hall–Kier alpha value is -2.21. The smallest absolute Gasteiger partial charge is 0.407 e. The fourth-order valence-corrected chi connectivity index (χ4v) is 1.13. The van der Waals surface area contributed by atoms with Gasteiger partial charge in [0.1, 0.15) is 12.6 Å². The van der Waals surface area contributed by atoms with Crippen LogP contribution in [0.2, 0.25) is 0 Å². The monoisotopic (exact) mass is 256 g/mol. The molecule has 0 fully saturated rings. The van der Waals surface area contributed by atoms with Gasteiger partial charge in [0, 0.05) is 11.5 Å². The maximum absolute atomic E-state index is 11.0. The molecule has 0 spiro atoms. The van der Waals surface area contributed by atoms with Gasteiger partial charge in [-0.3, -0.25) is 4.79 Å². The highest BCUT2D eigenvalue weighted by Gasteiger charge is 2.14. The quantitative estimate of drug-likeness (QED) is 0.214. The fourth-order valence-electron chi connectivity index (χ4n) is 1.13. The van der Waals surface area contributed by atoms with E-state index >= 15 is 0 Å². The lowest BCUT2D eigenvalue weighted by Crippen LogP contribution is -2.25. The number of hydrogen-bond acceptors (Lipinski definition) is 4. The number of aliphatic carboxylic acids is 1. The molecule has 0 aliphatic carbocycles. The minimum atomic E-state index is -1.15. The molecule has 0 heterocycles. The van der Waals surface area contributed by atoms with Crippen molar-refractivity contribution >= 4 is 12.1 Å². The molecule has 1 atom stereocenters. The number of nitrogens with one attached hydrogen (secondary N) is 1. The summed E-state index contributed by atoms with van der Waals surface area (Å²) < 4.78 is 4.67. The summed E-state index contributed by atoms with van der Waals surface area (Å²) in [6.45, 7) is 3.91. The van der Waals surface area contributed by atoms with Gasteiger partial charge in [0.2, 0.25) is 0 Å². The van der Waals surface area contributed by atoms with Crippen LogP contribution < -0.4 is 5.32 Å². The number of carboxylic acids is 1. The Morgan fingerprint density at radius 3 is 2.83 bits per heavy atom. The molecular formula is C10H16N4O4. The van der Waals surface area contributed by atoms with E-state index in [-0.39, 0.29) is 13.0 Å². The molecule has 0 aromatic heterocycles. The Morgan fingerprint density at radius 2 is 2.28 bits per heavy atom. The van der Waals surface area contributed by atoms with E-state index in [0.29, 0.717) is 19.4 Å². The van der Waals surface area contributed by atoms with Gasteiger partial charge in [0.25, 0.3) is 0 Å². The summed E-state index contributed by atoms with van der Waals surface area (Å²) in [4.78, 5) is 24.0. The van der Waals surface area contributed by atoms with Crippen LogP contribution in [0, 0.1) is 0 Å². The second-order valence-electron chi connectivity index (χ2n) is 3.37. The zero-order valence-electron chi connectivity index (χ0n) is 9.91. The Bertz CT molecular complexity index is 337. The van der Waals surface area contributed by atoms with Crippen LogP contribution in [-0.4, -0.2) is 36.4 Å². The van der Waals surface area contributed by atoms with Crippen LogP contribution >= 0.6 is 0 Å². The first-order valence-corrected chi connectivity index (χ1v) is 5.40.